The number of amides is 2. The van der Waals surface area contributed by atoms with Gasteiger partial charge in [-0.05, 0) is 55.9 Å². The summed E-state index contributed by atoms with van der Waals surface area (Å²) >= 11 is 0. The van der Waals surface area contributed by atoms with Crippen molar-refractivity contribution in [2.75, 3.05) is 6.54 Å². The van der Waals surface area contributed by atoms with Crippen molar-refractivity contribution in [3.63, 3.8) is 0 Å². The largest absolute Gasteiger partial charge is 0.393 e. The second-order valence-electron chi connectivity index (χ2n) is 8.80. The molecule has 2 amide bonds. The van der Waals surface area contributed by atoms with E-state index in [0.717, 1.165) is 38.6 Å². The summed E-state index contributed by atoms with van der Waals surface area (Å²) in [5.74, 6) is 0. The lowest BCUT2D eigenvalue weighted by Gasteiger charge is -2.40. The Morgan fingerprint density at radius 1 is 1.08 bits per heavy atom. The average Bonchev–Trinajstić information content (AvgIpc) is 2.93. The Kier molecular flexibility index (Phi) is 5.21. The van der Waals surface area contributed by atoms with E-state index < -0.39 is 0 Å². The molecule has 4 rings (SSSR count). The number of aliphatic hydroxyl groups is 1. The van der Waals surface area contributed by atoms with Crippen LogP contribution < -0.4 is 5.32 Å². The van der Waals surface area contributed by atoms with Crippen LogP contribution in [0.5, 0.6) is 0 Å². The number of nitrogens with zero attached hydrogens (tertiary/aromatic N) is 1. The van der Waals surface area contributed by atoms with Crippen molar-refractivity contribution < 1.29 is 9.90 Å². The predicted molar refractivity (Wildman–Crippen MR) is 103 cm³/mol. The smallest absolute Gasteiger partial charge is 0.317 e. The van der Waals surface area contributed by atoms with E-state index in [1.54, 1.807) is 0 Å². The molecule has 4 heteroatoms. The number of piperidine rings is 1. The molecular formula is C22H32N2O2. The number of urea groups is 1. The minimum absolute atomic E-state index is 0.0995. The number of nitrogens with one attached hydrogen (secondary N) is 1. The molecule has 4 nitrogen and oxygen atoms in total. The predicted octanol–water partition coefficient (Wildman–Crippen LogP) is 3.88. The lowest BCUT2D eigenvalue weighted by molar-refractivity contribution is 0.0525. The number of hydrogen-bond donors (Lipinski definition) is 2. The molecule has 142 valence electrons. The van der Waals surface area contributed by atoms with Crippen LogP contribution in [0.25, 0.3) is 0 Å². The average molecular weight is 357 g/mol. The summed E-state index contributed by atoms with van der Waals surface area (Å²) in [5, 5.41) is 13.3. The third-order valence-electron chi connectivity index (χ3n) is 6.89. The third-order valence-corrected chi connectivity index (χ3v) is 6.89. The quantitative estimate of drug-likeness (QED) is 0.860. The lowest BCUT2D eigenvalue weighted by atomic mass is 9.70. The minimum atomic E-state index is -0.223. The number of aliphatic hydroxyl groups excluding tert-OH is 1. The van der Waals surface area contributed by atoms with Gasteiger partial charge in [-0.25, -0.2) is 4.79 Å². The zero-order chi connectivity index (χ0) is 18.0. The van der Waals surface area contributed by atoms with Gasteiger partial charge in [0.1, 0.15) is 0 Å². The van der Waals surface area contributed by atoms with Crippen LogP contribution in [0.3, 0.4) is 0 Å². The first-order valence-corrected chi connectivity index (χ1v) is 10.4. The molecule has 0 radical (unpaired) electrons. The molecule has 1 aromatic carbocycles. The Morgan fingerprint density at radius 2 is 1.73 bits per heavy atom. The summed E-state index contributed by atoms with van der Waals surface area (Å²) < 4.78 is 0. The molecule has 2 saturated heterocycles. The highest BCUT2D eigenvalue weighted by atomic mass is 16.3. The van der Waals surface area contributed by atoms with Crippen LogP contribution in [-0.2, 0) is 6.42 Å². The Hall–Kier alpha value is -1.55. The van der Waals surface area contributed by atoms with E-state index in [0.29, 0.717) is 0 Å². The zero-order valence-electron chi connectivity index (χ0n) is 15.7. The van der Waals surface area contributed by atoms with Crippen molar-refractivity contribution in [2.24, 2.45) is 5.41 Å². The van der Waals surface area contributed by atoms with Crippen LogP contribution >= 0.6 is 0 Å². The van der Waals surface area contributed by atoms with Gasteiger partial charge in [0.15, 0.2) is 0 Å². The normalized spacial score (nSPS) is 30.2. The van der Waals surface area contributed by atoms with Gasteiger partial charge in [-0.15, -0.1) is 0 Å². The maximum Gasteiger partial charge on any atom is 0.317 e. The summed E-state index contributed by atoms with van der Waals surface area (Å²) in [6.07, 6.45) is 10.7. The molecule has 2 bridgehead atoms. The van der Waals surface area contributed by atoms with Gasteiger partial charge in [-0.2, -0.15) is 0 Å². The van der Waals surface area contributed by atoms with Crippen molar-refractivity contribution in [1.82, 2.24) is 10.2 Å². The third kappa shape index (κ3) is 3.75. The maximum atomic E-state index is 12.9. The molecule has 2 N–H and O–H groups in total. The van der Waals surface area contributed by atoms with Gasteiger partial charge in [0, 0.05) is 18.6 Å². The molecule has 0 spiro atoms. The van der Waals surface area contributed by atoms with E-state index in [2.05, 4.69) is 35.6 Å². The fourth-order valence-corrected chi connectivity index (χ4v) is 5.58. The lowest BCUT2D eigenvalue weighted by Crippen LogP contribution is -2.53. The second kappa shape index (κ2) is 7.59. The molecule has 3 aliphatic rings. The topological polar surface area (TPSA) is 52.6 Å². The molecule has 2 unspecified atom stereocenters. The molecule has 1 saturated carbocycles. The number of benzene rings is 1. The first-order chi connectivity index (χ1) is 12.7. The SMILES string of the molecule is O=C(NCC1(Cc2ccccc2)CCCCC1)N1C2CCC1CC(O)C2. The fraction of sp³-hybridized carbons (Fsp3) is 0.682. The van der Waals surface area contributed by atoms with E-state index >= 15 is 0 Å². The van der Waals surface area contributed by atoms with E-state index in [-0.39, 0.29) is 29.6 Å². The maximum absolute atomic E-state index is 12.9. The van der Waals surface area contributed by atoms with Gasteiger partial charge in [0.25, 0.3) is 0 Å². The van der Waals surface area contributed by atoms with Gasteiger partial charge >= 0.3 is 6.03 Å². The first-order valence-electron chi connectivity index (χ1n) is 10.4. The molecule has 2 atom stereocenters. The first kappa shape index (κ1) is 17.8. The number of carbonyl (C=O) groups excluding carboxylic acids is 1. The summed E-state index contributed by atoms with van der Waals surface area (Å²) in [4.78, 5) is 15.0. The van der Waals surface area contributed by atoms with Crippen LogP contribution in [0.15, 0.2) is 30.3 Å². The Balaban J connectivity index is 1.41. The molecule has 0 aromatic heterocycles. The molecule has 3 fully saturated rings. The van der Waals surface area contributed by atoms with Crippen LogP contribution in [0.1, 0.15) is 63.4 Å². The van der Waals surface area contributed by atoms with Crippen LogP contribution in [0.4, 0.5) is 4.79 Å². The van der Waals surface area contributed by atoms with Crippen molar-refractivity contribution in [3.05, 3.63) is 35.9 Å². The highest BCUT2D eigenvalue weighted by molar-refractivity contribution is 5.75. The molecule has 26 heavy (non-hydrogen) atoms. The van der Waals surface area contributed by atoms with Crippen LogP contribution in [0, 0.1) is 5.41 Å². The van der Waals surface area contributed by atoms with Gasteiger partial charge in [0.2, 0.25) is 0 Å². The number of rotatable bonds is 4. The van der Waals surface area contributed by atoms with Gasteiger partial charge in [-0.1, -0.05) is 49.6 Å². The summed E-state index contributed by atoms with van der Waals surface area (Å²) in [5.41, 5.74) is 1.58. The van der Waals surface area contributed by atoms with Gasteiger partial charge < -0.3 is 15.3 Å². The van der Waals surface area contributed by atoms with Crippen molar-refractivity contribution in [2.45, 2.75) is 82.4 Å². The van der Waals surface area contributed by atoms with Crippen LogP contribution in [0.2, 0.25) is 0 Å². The van der Waals surface area contributed by atoms with E-state index in [1.807, 2.05) is 4.90 Å². The molecule has 2 aliphatic heterocycles. The van der Waals surface area contributed by atoms with Crippen molar-refractivity contribution in [1.29, 1.82) is 0 Å². The highest BCUT2D eigenvalue weighted by Crippen LogP contribution is 2.39. The van der Waals surface area contributed by atoms with Crippen LogP contribution in [-0.4, -0.2) is 40.8 Å². The van der Waals surface area contributed by atoms with E-state index in [1.165, 1.54) is 37.7 Å². The molecular weight excluding hydrogens is 324 g/mol. The molecule has 1 aliphatic carbocycles. The number of carbonyl (C=O) groups is 1. The highest BCUT2D eigenvalue weighted by Gasteiger charge is 2.43. The Morgan fingerprint density at radius 3 is 2.38 bits per heavy atom. The van der Waals surface area contributed by atoms with E-state index in [4.69, 9.17) is 0 Å². The van der Waals surface area contributed by atoms with Crippen molar-refractivity contribution >= 4 is 6.03 Å². The summed E-state index contributed by atoms with van der Waals surface area (Å²) in [6.45, 7) is 0.777. The van der Waals surface area contributed by atoms with E-state index in [9.17, 15) is 9.90 Å². The Labute approximate surface area is 157 Å². The molecule has 1 aromatic rings. The Bertz CT molecular complexity index is 598. The van der Waals surface area contributed by atoms with Gasteiger partial charge in [0.05, 0.1) is 6.10 Å². The zero-order valence-corrected chi connectivity index (χ0v) is 15.7. The van der Waals surface area contributed by atoms with Gasteiger partial charge in [-0.3, -0.25) is 0 Å². The summed E-state index contributed by atoms with van der Waals surface area (Å²) in [7, 11) is 0. The molecule has 2 heterocycles. The number of hydrogen-bond acceptors (Lipinski definition) is 2. The second-order valence-corrected chi connectivity index (χ2v) is 8.80. The summed E-state index contributed by atoms with van der Waals surface area (Å²) in [6, 6.07) is 11.3. The number of fused-ring (bicyclic) bond motifs is 2. The fourth-order valence-electron chi connectivity index (χ4n) is 5.58. The monoisotopic (exact) mass is 356 g/mol. The minimum Gasteiger partial charge on any atom is -0.393 e. The van der Waals surface area contributed by atoms with Crippen molar-refractivity contribution in [3.8, 4) is 0 Å². The standard InChI is InChI=1S/C22H32N2O2/c25-20-13-18-9-10-19(14-20)24(18)21(26)23-16-22(11-5-2-6-12-22)15-17-7-3-1-4-8-17/h1,3-4,7-8,18-20,25H,2,5-6,9-16H2,(H,23,26).